The largest absolute Gasteiger partial charge is 0.339 e. The molecule has 3 nitrogen and oxygen atoms in total. The number of nitrogens with one attached hydrogen (secondary N) is 1. The summed E-state index contributed by atoms with van der Waals surface area (Å²) in [5.74, 6) is 0.674. The topological polar surface area (TPSA) is 32.3 Å². The Morgan fingerprint density at radius 2 is 2.11 bits per heavy atom. The first kappa shape index (κ1) is 14.4. The molecular formula is C15H21ClN2O. The van der Waals surface area contributed by atoms with Gasteiger partial charge in [0, 0.05) is 18.6 Å². The molecule has 1 aliphatic heterocycles. The van der Waals surface area contributed by atoms with E-state index in [1.54, 1.807) is 0 Å². The fraction of sp³-hybridized carbons (Fsp3) is 0.533. The average Bonchev–Trinajstić information content (AvgIpc) is 2.83. The number of rotatable bonds is 3. The standard InChI is InChI=1S/C15H21ClN2O/c1-10-8-17-9-13(10)15(19)18(3)11(2)12-6-4-5-7-14(12)16/h4-7,10-11,13,17H,8-9H2,1-3H3. The van der Waals surface area contributed by atoms with Gasteiger partial charge in [-0.15, -0.1) is 0 Å². The minimum absolute atomic E-state index is 0.00556. The van der Waals surface area contributed by atoms with Gasteiger partial charge in [-0.25, -0.2) is 0 Å². The molecule has 0 bridgehead atoms. The molecule has 1 N–H and O–H groups in total. The van der Waals surface area contributed by atoms with Crippen LogP contribution in [0.4, 0.5) is 0 Å². The number of halogens is 1. The minimum Gasteiger partial charge on any atom is -0.339 e. The van der Waals surface area contributed by atoms with Crippen LogP contribution in [0.5, 0.6) is 0 Å². The highest BCUT2D eigenvalue weighted by atomic mass is 35.5. The third-order valence-electron chi connectivity index (χ3n) is 4.12. The molecule has 0 aromatic heterocycles. The lowest BCUT2D eigenvalue weighted by molar-refractivity contribution is -0.136. The highest BCUT2D eigenvalue weighted by Crippen LogP contribution is 2.28. The number of amides is 1. The van der Waals surface area contributed by atoms with Gasteiger partial charge in [-0.2, -0.15) is 0 Å². The Bertz CT molecular complexity index is 463. The van der Waals surface area contributed by atoms with Gasteiger partial charge in [-0.3, -0.25) is 4.79 Å². The van der Waals surface area contributed by atoms with E-state index in [9.17, 15) is 4.79 Å². The first-order valence-corrected chi connectivity index (χ1v) is 7.12. The predicted octanol–water partition coefficient (Wildman–Crippen LogP) is 2.71. The molecule has 0 saturated carbocycles. The number of nitrogens with zero attached hydrogens (tertiary/aromatic N) is 1. The Balaban J connectivity index is 2.13. The number of benzene rings is 1. The molecule has 1 aromatic rings. The minimum atomic E-state index is -0.00556. The van der Waals surface area contributed by atoms with Gasteiger partial charge in [0.2, 0.25) is 5.91 Å². The Morgan fingerprint density at radius 3 is 2.68 bits per heavy atom. The van der Waals surface area contributed by atoms with Crippen molar-refractivity contribution in [1.29, 1.82) is 0 Å². The van der Waals surface area contributed by atoms with Crippen molar-refractivity contribution in [2.75, 3.05) is 20.1 Å². The Hall–Kier alpha value is -1.06. The summed E-state index contributed by atoms with van der Waals surface area (Å²) in [4.78, 5) is 14.3. The van der Waals surface area contributed by atoms with Crippen molar-refractivity contribution in [2.24, 2.45) is 11.8 Å². The van der Waals surface area contributed by atoms with Crippen molar-refractivity contribution in [3.05, 3.63) is 34.9 Å². The van der Waals surface area contributed by atoms with Crippen LogP contribution in [0.25, 0.3) is 0 Å². The quantitative estimate of drug-likeness (QED) is 0.923. The Morgan fingerprint density at radius 1 is 1.42 bits per heavy atom. The van der Waals surface area contributed by atoms with Crippen LogP contribution >= 0.6 is 11.6 Å². The molecule has 1 aromatic carbocycles. The van der Waals surface area contributed by atoms with Crippen LogP contribution in [-0.4, -0.2) is 30.9 Å². The molecule has 104 valence electrons. The summed E-state index contributed by atoms with van der Waals surface area (Å²) >= 11 is 6.21. The van der Waals surface area contributed by atoms with E-state index in [0.29, 0.717) is 10.9 Å². The number of hydrogen-bond acceptors (Lipinski definition) is 2. The van der Waals surface area contributed by atoms with E-state index in [-0.39, 0.29) is 17.9 Å². The molecule has 3 atom stereocenters. The van der Waals surface area contributed by atoms with Gasteiger partial charge in [-0.05, 0) is 31.0 Å². The zero-order chi connectivity index (χ0) is 14.0. The SMILES string of the molecule is CC1CNCC1C(=O)N(C)C(C)c1ccccc1Cl. The maximum Gasteiger partial charge on any atom is 0.227 e. The van der Waals surface area contributed by atoms with Crippen LogP contribution in [0.2, 0.25) is 5.02 Å². The summed E-state index contributed by atoms with van der Waals surface area (Å²) in [6, 6.07) is 7.70. The van der Waals surface area contributed by atoms with Gasteiger partial charge in [-0.1, -0.05) is 36.7 Å². The molecule has 0 spiro atoms. The normalized spacial score (nSPS) is 24.2. The number of carbonyl (C=O) groups is 1. The second-order valence-electron chi connectivity index (χ2n) is 5.39. The molecule has 0 radical (unpaired) electrons. The van der Waals surface area contributed by atoms with E-state index < -0.39 is 0 Å². The van der Waals surface area contributed by atoms with Crippen LogP contribution < -0.4 is 5.32 Å². The first-order valence-electron chi connectivity index (χ1n) is 6.74. The van der Waals surface area contributed by atoms with Crippen molar-refractivity contribution in [2.45, 2.75) is 19.9 Å². The van der Waals surface area contributed by atoms with Crippen LogP contribution in [0.15, 0.2) is 24.3 Å². The van der Waals surface area contributed by atoms with E-state index in [1.165, 1.54) is 0 Å². The average molecular weight is 281 g/mol. The fourth-order valence-corrected chi connectivity index (χ4v) is 2.91. The molecule has 3 unspecified atom stereocenters. The van der Waals surface area contributed by atoms with Crippen molar-refractivity contribution >= 4 is 17.5 Å². The second kappa shape index (κ2) is 5.93. The van der Waals surface area contributed by atoms with Gasteiger partial charge < -0.3 is 10.2 Å². The smallest absolute Gasteiger partial charge is 0.227 e. The summed E-state index contributed by atoms with van der Waals surface area (Å²) in [5, 5.41) is 3.99. The van der Waals surface area contributed by atoms with Crippen molar-refractivity contribution in [3.8, 4) is 0 Å². The third kappa shape index (κ3) is 2.93. The molecule has 19 heavy (non-hydrogen) atoms. The number of hydrogen-bond donors (Lipinski definition) is 1. The molecule has 2 rings (SSSR count). The van der Waals surface area contributed by atoms with E-state index in [4.69, 9.17) is 11.6 Å². The summed E-state index contributed by atoms with van der Waals surface area (Å²) < 4.78 is 0. The van der Waals surface area contributed by atoms with E-state index in [2.05, 4.69) is 12.2 Å². The van der Waals surface area contributed by atoms with Crippen LogP contribution in [0, 0.1) is 11.8 Å². The molecule has 1 aliphatic rings. The second-order valence-corrected chi connectivity index (χ2v) is 5.80. The lowest BCUT2D eigenvalue weighted by atomic mass is 9.95. The zero-order valence-electron chi connectivity index (χ0n) is 11.7. The molecule has 0 aliphatic carbocycles. The lowest BCUT2D eigenvalue weighted by Crippen LogP contribution is -2.37. The molecule has 1 fully saturated rings. The summed E-state index contributed by atoms with van der Waals surface area (Å²) in [6.45, 7) is 5.84. The molecule has 1 heterocycles. The summed E-state index contributed by atoms with van der Waals surface area (Å²) in [6.07, 6.45) is 0. The maximum atomic E-state index is 12.5. The maximum absolute atomic E-state index is 12.5. The van der Waals surface area contributed by atoms with E-state index >= 15 is 0 Å². The zero-order valence-corrected chi connectivity index (χ0v) is 12.4. The molecule has 1 amide bonds. The van der Waals surface area contributed by atoms with E-state index in [0.717, 1.165) is 18.7 Å². The van der Waals surface area contributed by atoms with E-state index in [1.807, 2.05) is 43.1 Å². The van der Waals surface area contributed by atoms with Gasteiger partial charge in [0.15, 0.2) is 0 Å². The fourth-order valence-electron chi connectivity index (χ4n) is 2.62. The van der Waals surface area contributed by atoms with Crippen LogP contribution in [0.1, 0.15) is 25.5 Å². The monoisotopic (exact) mass is 280 g/mol. The first-order chi connectivity index (χ1) is 9.02. The van der Waals surface area contributed by atoms with Crippen molar-refractivity contribution in [3.63, 3.8) is 0 Å². The van der Waals surface area contributed by atoms with Crippen molar-refractivity contribution < 1.29 is 4.79 Å². The number of carbonyl (C=O) groups excluding carboxylic acids is 1. The highest BCUT2D eigenvalue weighted by molar-refractivity contribution is 6.31. The highest BCUT2D eigenvalue weighted by Gasteiger charge is 2.33. The van der Waals surface area contributed by atoms with Crippen LogP contribution in [0.3, 0.4) is 0 Å². The van der Waals surface area contributed by atoms with Crippen LogP contribution in [-0.2, 0) is 4.79 Å². The molecule has 1 saturated heterocycles. The summed E-state index contributed by atoms with van der Waals surface area (Å²) in [7, 11) is 1.86. The van der Waals surface area contributed by atoms with Gasteiger partial charge in [0.05, 0.1) is 12.0 Å². The lowest BCUT2D eigenvalue weighted by Gasteiger charge is -2.29. The third-order valence-corrected chi connectivity index (χ3v) is 4.46. The van der Waals surface area contributed by atoms with Gasteiger partial charge in [0.25, 0.3) is 0 Å². The van der Waals surface area contributed by atoms with Gasteiger partial charge in [0.1, 0.15) is 0 Å². The Labute approximate surface area is 119 Å². The van der Waals surface area contributed by atoms with Crippen molar-refractivity contribution in [1.82, 2.24) is 10.2 Å². The predicted molar refractivity (Wildman–Crippen MR) is 78.2 cm³/mol. The van der Waals surface area contributed by atoms with Gasteiger partial charge >= 0.3 is 0 Å². The molecular weight excluding hydrogens is 260 g/mol. The molecule has 4 heteroatoms. The summed E-state index contributed by atoms with van der Waals surface area (Å²) in [5.41, 5.74) is 0.999. The Kier molecular flexibility index (Phi) is 4.48.